The van der Waals surface area contributed by atoms with E-state index in [1.807, 2.05) is 25.1 Å². The van der Waals surface area contributed by atoms with Crippen molar-refractivity contribution in [3.8, 4) is 5.75 Å². The van der Waals surface area contributed by atoms with Crippen molar-refractivity contribution < 1.29 is 9.53 Å². The van der Waals surface area contributed by atoms with Crippen LogP contribution in [0.1, 0.15) is 55.9 Å². The van der Waals surface area contributed by atoms with E-state index >= 15 is 0 Å². The topological polar surface area (TPSA) is 85.2 Å². The maximum Gasteiger partial charge on any atom is 0.267 e. The van der Waals surface area contributed by atoms with E-state index in [0.29, 0.717) is 11.8 Å². The van der Waals surface area contributed by atoms with Crippen molar-refractivity contribution in [1.29, 1.82) is 0 Å². The van der Waals surface area contributed by atoms with Gasteiger partial charge < -0.3 is 15.4 Å². The van der Waals surface area contributed by atoms with E-state index in [0.717, 1.165) is 42.6 Å². The van der Waals surface area contributed by atoms with Crippen molar-refractivity contribution in [1.82, 2.24) is 15.1 Å². The van der Waals surface area contributed by atoms with Gasteiger partial charge in [0.15, 0.2) is 6.61 Å². The van der Waals surface area contributed by atoms with Gasteiger partial charge in [-0.25, -0.2) is 4.68 Å². The molecule has 0 saturated heterocycles. The van der Waals surface area contributed by atoms with Gasteiger partial charge in [-0.3, -0.25) is 9.59 Å². The minimum atomic E-state index is -0.122. The van der Waals surface area contributed by atoms with Crippen molar-refractivity contribution in [2.24, 2.45) is 0 Å². The van der Waals surface area contributed by atoms with Crippen molar-refractivity contribution in [2.45, 2.75) is 57.7 Å². The van der Waals surface area contributed by atoms with Gasteiger partial charge >= 0.3 is 0 Å². The fraction of sp³-hybridized carbons (Fsp3) is 0.476. The molecular weight excluding hydrogens is 356 g/mol. The number of nitrogens with one attached hydrogen (secondary N) is 2. The van der Waals surface area contributed by atoms with Crippen LogP contribution in [-0.2, 0) is 4.79 Å². The Labute approximate surface area is 164 Å². The normalized spacial score (nSPS) is 22.7. The molecule has 1 aromatic carbocycles. The third-order valence-corrected chi connectivity index (χ3v) is 5.62. The Morgan fingerprint density at radius 1 is 1.18 bits per heavy atom. The highest BCUT2D eigenvalue weighted by Gasteiger charge is 2.25. The second-order valence-corrected chi connectivity index (χ2v) is 7.74. The zero-order valence-electron chi connectivity index (χ0n) is 16.3. The largest absolute Gasteiger partial charge is 0.482 e. The summed E-state index contributed by atoms with van der Waals surface area (Å²) in [6, 6.07) is 10.0. The molecule has 7 heteroatoms. The first kappa shape index (κ1) is 18.7. The van der Waals surface area contributed by atoms with E-state index in [1.54, 1.807) is 16.8 Å². The van der Waals surface area contributed by atoms with E-state index in [-0.39, 0.29) is 30.2 Å². The van der Waals surface area contributed by atoms with Gasteiger partial charge in [-0.1, -0.05) is 6.07 Å². The van der Waals surface area contributed by atoms with Gasteiger partial charge in [0.25, 0.3) is 11.5 Å². The fourth-order valence-corrected chi connectivity index (χ4v) is 4.09. The van der Waals surface area contributed by atoms with Crippen LogP contribution in [0.4, 0.5) is 5.69 Å². The summed E-state index contributed by atoms with van der Waals surface area (Å²) in [7, 11) is 0. The molecule has 0 bridgehead atoms. The number of hydrogen-bond acceptors (Lipinski definition) is 5. The summed E-state index contributed by atoms with van der Waals surface area (Å²) in [5, 5.41) is 11.0. The number of ether oxygens (including phenoxy) is 1. The van der Waals surface area contributed by atoms with Crippen molar-refractivity contribution in [2.75, 3.05) is 11.9 Å². The van der Waals surface area contributed by atoms with Crippen LogP contribution < -0.4 is 20.9 Å². The molecule has 148 valence electrons. The summed E-state index contributed by atoms with van der Waals surface area (Å²) in [4.78, 5) is 23.6. The van der Waals surface area contributed by atoms with Crippen LogP contribution in [0.15, 0.2) is 35.1 Å². The summed E-state index contributed by atoms with van der Waals surface area (Å²) in [5.74, 6) is 0.593. The van der Waals surface area contributed by atoms with Crippen LogP contribution in [-0.4, -0.2) is 28.3 Å². The van der Waals surface area contributed by atoms with Gasteiger partial charge in [0, 0.05) is 18.2 Å². The van der Waals surface area contributed by atoms with Crippen LogP contribution in [0.3, 0.4) is 0 Å². The molecule has 7 nitrogen and oxygen atoms in total. The molecule has 1 unspecified atom stereocenters. The van der Waals surface area contributed by atoms with Crippen LogP contribution >= 0.6 is 0 Å². The minimum absolute atomic E-state index is 0.0197. The van der Waals surface area contributed by atoms with Gasteiger partial charge in [-0.05, 0) is 63.3 Å². The molecule has 1 amide bonds. The number of fused-ring (bicyclic) bond motifs is 1. The maximum atomic E-state index is 12.1. The number of benzene rings is 1. The monoisotopic (exact) mass is 382 g/mol. The Morgan fingerprint density at radius 2 is 1.96 bits per heavy atom. The Bertz CT molecular complexity index is 931. The van der Waals surface area contributed by atoms with E-state index < -0.39 is 0 Å². The highest BCUT2D eigenvalue weighted by molar-refractivity contribution is 5.95. The molecule has 1 aromatic heterocycles. The molecule has 0 radical (unpaired) electrons. The number of nitrogens with zero attached hydrogens (tertiary/aromatic N) is 2. The number of aryl methyl sites for hydroxylation is 1. The van der Waals surface area contributed by atoms with E-state index in [9.17, 15) is 9.59 Å². The zero-order chi connectivity index (χ0) is 19.7. The molecule has 4 rings (SSSR count). The van der Waals surface area contributed by atoms with Crippen molar-refractivity contribution in [3.63, 3.8) is 0 Å². The van der Waals surface area contributed by atoms with Crippen molar-refractivity contribution >= 4 is 11.6 Å². The summed E-state index contributed by atoms with van der Waals surface area (Å²) >= 11 is 0. The number of anilines is 1. The Morgan fingerprint density at radius 3 is 2.75 bits per heavy atom. The molecule has 0 spiro atoms. The van der Waals surface area contributed by atoms with Gasteiger partial charge in [0.1, 0.15) is 5.75 Å². The van der Waals surface area contributed by atoms with Crippen molar-refractivity contribution in [3.05, 3.63) is 51.9 Å². The maximum absolute atomic E-state index is 12.1. The minimum Gasteiger partial charge on any atom is -0.482 e. The highest BCUT2D eigenvalue weighted by Crippen LogP contribution is 2.32. The fourth-order valence-electron chi connectivity index (χ4n) is 4.09. The summed E-state index contributed by atoms with van der Waals surface area (Å²) < 4.78 is 7.08. The first-order chi connectivity index (χ1) is 13.5. The van der Waals surface area contributed by atoms with E-state index in [4.69, 9.17) is 4.74 Å². The van der Waals surface area contributed by atoms with Gasteiger partial charge in [0.2, 0.25) is 0 Å². The molecule has 2 aromatic rings. The molecule has 1 saturated carbocycles. The number of rotatable bonds is 4. The lowest BCUT2D eigenvalue weighted by atomic mass is 9.90. The second-order valence-electron chi connectivity index (χ2n) is 7.74. The lowest BCUT2D eigenvalue weighted by Gasteiger charge is -2.32. The van der Waals surface area contributed by atoms with E-state index in [2.05, 4.69) is 22.7 Å². The Balaban J connectivity index is 1.37. The molecular formula is C21H26N4O3. The number of carbonyl (C=O) groups is 1. The lowest BCUT2D eigenvalue weighted by molar-refractivity contribution is -0.118. The van der Waals surface area contributed by atoms with Gasteiger partial charge in [-0.15, -0.1) is 0 Å². The molecule has 28 heavy (non-hydrogen) atoms. The molecule has 1 aliphatic heterocycles. The molecule has 2 heterocycles. The number of aromatic nitrogens is 2. The van der Waals surface area contributed by atoms with Gasteiger partial charge in [0.05, 0.1) is 17.4 Å². The molecule has 1 atom stereocenters. The average molecular weight is 382 g/mol. The second kappa shape index (κ2) is 7.75. The third kappa shape index (κ3) is 3.94. The van der Waals surface area contributed by atoms with Crippen LogP contribution in [0.25, 0.3) is 0 Å². The Kier molecular flexibility index (Phi) is 5.17. The average Bonchev–Trinajstić information content (AvgIpc) is 2.70. The zero-order valence-corrected chi connectivity index (χ0v) is 16.3. The van der Waals surface area contributed by atoms with Gasteiger partial charge in [-0.2, -0.15) is 5.10 Å². The first-order valence-corrected chi connectivity index (χ1v) is 9.89. The smallest absolute Gasteiger partial charge is 0.267 e. The molecule has 1 fully saturated rings. The molecule has 1 aliphatic carbocycles. The van der Waals surface area contributed by atoms with Crippen LogP contribution in [0.2, 0.25) is 0 Å². The standard InChI is InChI=1S/C21H26N4O3/c1-13-3-10-21(27)25(24-13)17-7-5-16(6-8-17)22-14(2)15-4-9-19-18(11-15)23-20(26)12-28-19/h3-4,9-11,14,16-17,22H,5-8,12H2,1-2H3,(H,23,26). The molecule has 2 N–H and O–H groups in total. The SMILES string of the molecule is Cc1ccc(=O)n(C2CCC(NC(C)c3ccc4c(c3)NC(=O)CO4)CC2)n1. The summed E-state index contributed by atoms with van der Waals surface area (Å²) in [5.41, 5.74) is 2.70. The summed E-state index contributed by atoms with van der Waals surface area (Å²) in [6.45, 7) is 4.12. The lowest BCUT2D eigenvalue weighted by Crippen LogP contribution is -2.37. The predicted octanol–water partition coefficient (Wildman–Crippen LogP) is 2.72. The predicted molar refractivity (Wildman–Crippen MR) is 107 cm³/mol. The number of hydrogen-bond donors (Lipinski definition) is 2. The van der Waals surface area contributed by atoms with E-state index in [1.165, 1.54) is 0 Å². The third-order valence-electron chi connectivity index (χ3n) is 5.62. The highest BCUT2D eigenvalue weighted by atomic mass is 16.5. The Hall–Kier alpha value is -2.67. The number of carbonyl (C=O) groups excluding carboxylic acids is 1. The molecule has 2 aliphatic rings. The first-order valence-electron chi connectivity index (χ1n) is 9.89. The summed E-state index contributed by atoms with van der Waals surface area (Å²) in [6.07, 6.45) is 3.88. The number of amides is 1. The van der Waals surface area contributed by atoms with Crippen LogP contribution in [0.5, 0.6) is 5.75 Å². The van der Waals surface area contributed by atoms with Crippen LogP contribution in [0, 0.1) is 6.92 Å². The quantitative estimate of drug-likeness (QED) is 0.849.